The van der Waals surface area contributed by atoms with E-state index in [1.54, 1.807) is 7.05 Å². The van der Waals surface area contributed by atoms with Crippen LogP contribution in [0, 0.1) is 0 Å². The monoisotopic (exact) mass is 351 g/mol. The number of hydrogen-bond acceptors (Lipinski definition) is 5. The standard InChI is InChI=1S/C17H25N3O3S/c1-18-16(20-11-17(24-2)5-7-21-8-6-17)19-10-13-3-4-14-15(9-13)23-12-22-14/h3-4,9H,5-8,10-12H2,1-2H3,(H2,18,19,20). The van der Waals surface area contributed by atoms with Crippen LogP contribution in [0.1, 0.15) is 18.4 Å². The highest BCUT2D eigenvalue weighted by Gasteiger charge is 2.31. The average molecular weight is 351 g/mol. The van der Waals surface area contributed by atoms with E-state index in [2.05, 4.69) is 21.9 Å². The zero-order valence-corrected chi connectivity index (χ0v) is 15.1. The first kappa shape index (κ1) is 17.2. The number of nitrogens with zero attached hydrogens (tertiary/aromatic N) is 1. The highest BCUT2D eigenvalue weighted by molar-refractivity contribution is 8.00. The zero-order valence-electron chi connectivity index (χ0n) is 14.3. The Kier molecular flexibility index (Phi) is 5.73. The molecule has 2 aliphatic rings. The summed E-state index contributed by atoms with van der Waals surface area (Å²) in [5, 5.41) is 6.82. The predicted octanol–water partition coefficient (Wildman–Crippen LogP) is 1.99. The summed E-state index contributed by atoms with van der Waals surface area (Å²) in [5.41, 5.74) is 1.13. The van der Waals surface area contributed by atoms with Crippen molar-refractivity contribution >= 4 is 17.7 Å². The second-order valence-electron chi connectivity index (χ2n) is 5.97. The van der Waals surface area contributed by atoms with Gasteiger partial charge < -0.3 is 24.8 Å². The lowest BCUT2D eigenvalue weighted by Crippen LogP contribution is -2.47. The maximum Gasteiger partial charge on any atom is 0.231 e. The van der Waals surface area contributed by atoms with Crippen molar-refractivity contribution in [3.8, 4) is 11.5 Å². The maximum atomic E-state index is 5.49. The Morgan fingerprint density at radius 1 is 1.21 bits per heavy atom. The molecule has 0 aliphatic carbocycles. The van der Waals surface area contributed by atoms with Crippen LogP contribution in [0.5, 0.6) is 11.5 Å². The molecule has 0 atom stereocenters. The molecule has 2 heterocycles. The van der Waals surface area contributed by atoms with Crippen molar-refractivity contribution < 1.29 is 14.2 Å². The molecule has 2 N–H and O–H groups in total. The number of aliphatic imine (C=N–C) groups is 1. The lowest BCUT2D eigenvalue weighted by Gasteiger charge is -2.36. The first-order valence-electron chi connectivity index (χ1n) is 8.21. The van der Waals surface area contributed by atoms with Crippen LogP contribution in [0.25, 0.3) is 0 Å². The summed E-state index contributed by atoms with van der Waals surface area (Å²) in [5.74, 6) is 2.43. The van der Waals surface area contributed by atoms with Gasteiger partial charge >= 0.3 is 0 Å². The molecule has 6 nitrogen and oxygen atoms in total. The van der Waals surface area contributed by atoms with E-state index in [-0.39, 0.29) is 4.75 Å². The summed E-state index contributed by atoms with van der Waals surface area (Å²) in [4.78, 5) is 4.32. The van der Waals surface area contributed by atoms with Crippen molar-refractivity contribution in [3.05, 3.63) is 23.8 Å². The van der Waals surface area contributed by atoms with Gasteiger partial charge in [0.1, 0.15) is 0 Å². The second kappa shape index (κ2) is 7.98. The minimum Gasteiger partial charge on any atom is -0.454 e. The maximum absolute atomic E-state index is 5.49. The molecular weight excluding hydrogens is 326 g/mol. The molecule has 0 spiro atoms. The molecule has 7 heteroatoms. The minimum absolute atomic E-state index is 0.231. The Morgan fingerprint density at radius 3 is 2.75 bits per heavy atom. The predicted molar refractivity (Wildman–Crippen MR) is 97.1 cm³/mol. The van der Waals surface area contributed by atoms with E-state index in [4.69, 9.17) is 14.2 Å². The SMILES string of the molecule is CN=C(NCc1ccc2c(c1)OCO2)NCC1(SC)CCOCC1. The fourth-order valence-electron chi connectivity index (χ4n) is 2.90. The summed E-state index contributed by atoms with van der Waals surface area (Å²) < 4.78 is 16.5. The highest BCUT2D eigenvalue weighted by Crippen LogP contribution is 2.33. The molecule has 1 aromatic rings. The van der Waals surface area contributed by atoms with Crippen molar-refractivity contribution in [2.24, 2.45) is 4.99 Å². The molecule has 0 bridgehead atoms. The third kappa shape index (κ3) is 4.08. The molecule has 0 amide bonds. The normalized spacial score (nSPS) is 19.2. The topological polar surface area (TPSA) is 64.1 Å². The van der Waals surface area contributed by atoms with Crippen LogP contribution in [-0.2, 0) is 11.3 Å². The molecule has 24 heavy (non-hydrogen) atoms. The Balaban J connectivity index is 1.51. The van der Waals surface area contributed by atoms with Gasteiger partial charge in [0.25, 0.3) is 0 Å². The average Bonchev–Trinajstić information content (AvgIpc) is 3.10. The van der Waals surface area contributed by atoms with Crippen LogP contribution in [0.2, 0.25) is 0 Å². The van der Waals surface area contributed by atoms with E-state index in [0.717, 1.165) is 55.6 Å². The van der Waals surface area contributed by atoms with E-state index in [0.29, 0.717) is 13.3 Å². The Hall–Kier alpha value is -1.60. The summed E-state index contributed by atoms with van der Waals surface area (Å²) in [6.07, 6.45) is 4.32. The van der Waals surface area contributed by atoms with Crippen LogP contribution >= 0.6 is 11.8 Å². The lowest BCUT2D eigenvalue weighted by molar-refractivity contribution is 0.0783. The number of thioether (sulfide) groups is 1. The molecule has 0 saturated carbocycles. The van der Waals surface area contributed by atoms with E-state index >= 15 is 0 Å². The largest absolute Gasteiger partial charge is 0.454 e. The molecule has 0 unspecified atom stereocenters. The van der Waals surface area contributed by atoms with Crippen molar-refractivity contribution in [2.75, 3.05) is 39.9 Å². The number of nitrogens with one attached hydrogen (secondary N) is 2. The van der Waals surface area contributed by atoms with Crippen molar-refractivity contribution in [2.45, 2.75) is 24.1 Å². The number of benzene rings is 1. The van der Waals surface area contributed by atoms with Gasteiger partial charge in [-0.15, -0.1) is 0 Å². The quantitative estimate of drug-likeness (QED) is 0.625. The number of hydrogen-bond donors (Lipinski definition) is 2. The smallest absolute Gasteiger partial charge is 0.231 e. The van der Waals surface area contributed by atoms with Gasteiger partial charge in [0.15, 0.2) is 17.5 Å². The number of ether oxygens (including phenoxy) is 3. The third-order valence-electron chi connectivity index (χ3n) is 4.54. The Labute approximate surface area is 147 Å². The highest BCUT2D eigenvalue weighted by atomic mass is 32.2. The fraction of sp³-hybridized carbons (Fsp3) is 0.588. The molecule has 0 radical (unpaired) electrons. The molecule has 1 saturated heterocycles. The molecule has 2 aliphatic heterocycles. The first-order chi connectivity index (χ1) is 11.7. The van der Waals surface area contributed by atoms with Gasteiger partial charge in [0, 0.05) is 38.1 Å². The Bertz CT molecular complexity index is 588. The number of rotatable bonds is 5. The van der Waals surface area contributed by atoms with Crippen LogP contribution in [0.4, 0.5) is 0 Å². The van der Waals surface area contributed by atoms with E-state index in [1.165, 1.54) is 0 Å². The number of guanidine groups is 1. The molecular formula is C17H25N3O3S. The van der Waals surface area contributed by atoms with Gasteiger partial charge in [-0.1, -0.05) is 6.07 Å². The molecule has 1 aromatic carbocycles. The van der Waals surface area contributed by atoms with Gasteiger partial charge in [-0.3, -0.25) is 4.99 Å². The van der Waals surface area contributed by atoms with Gasteiger partial charge in [0.2, 0.25) is 6.79 Å². The lowest BCUT2D eigenvalue weighted by atomic mass is 9.99. The van der Waals surface area contributed by atoms with Crippen molar-refractivity contribution in [1.82, 2.24) is 10.6 Å². The fourth-order valence-corrected chi connectivity index (χ4v) is 3.69. The van der Waals surface area contributed by atoms with Crippen molar-refractivity contribution in [3.63, 3.8) is 0 Å². The molecule has 0 aromatic heterocycles. The summed E-state index contributed by atoms with van der Waals surface area (Å²) in [6.45, 7) is 3.55. The summed E-state index contributed by atoms with van der Waals surface area (Å²) in [6, 6.07) is 5.99. The van der Waals surface area contributed by atoms with Gasteiger partial charge in [0.05, 0.1) is 0 Å². The number of fused-ring (bicyclic) bond motifs is 1. The van der Waals surface area contributed by atoms with E-state index in [1.807, 2.05) is 30.0 Å². The molecule has 3 rings (SSSR count). The van der Waals surface area contributed by atoms with E-state index in [9.17, 15) is 0 Å². The van der Waals surface area contributed by atoms with Crippen LogP contribution in [0.15, 0.2) is 23.2 Å². The first-order valence-corrected chi connectivity index (χ1v) is 9.43. The van der Waals surface area contributed by atoms with Gasteiger partial charge in [-0.25, -0.2) is 0 Å². The van der Waals surface area contributed by atoms with Crippen molar-refractivity contribution in [1.29, 1.82) is 0 Å². The van der Waals surface area contributed by atoms with Crippen LogP contribution < -0.4 is 20.1 Å². The summed E-state index contributed by atoms with van der Waals surface area (Å²) >= 11 is 1.92. The Morgan fingerprint density at radius 2 is 2.00 bits per heavy atom. The molecule has 132 valence electrons. The minimum atomic E-state index is 0.231. The van der Waals surface area contributed by atoms with Gasteiger partial charge in [-0.05, 0) is 36.8 Å². The summed E-state index contributed by atoms with van der Waals surface area (Å²) in [7, 11) is 1.80. The van der Waals surface area contributed by atoms with E-state index < -0.39 is 0 Å². The van der Waals surface area contributed by atoms with Crippen LogP contribution in [0.3, 0.4) is 0 Å². The third-order valence-corrected chi connectivity index (χ3v) is 5.95. The zero-order chi connectivity index (χ0) is 16.8. The second-order valence-corrected chi connectivity index (χ2v) is 7.24. The molecule has 1 fully saturated rings. The van der Waals surface area contributed by atoms with Crippen LogP contribution in [-0.4, -0.2) is 50.6 Å². The van der Waals surface area contributed by atoms with Gasteiger partial charge in [-0.2, -0.15) is 11.8 Å².